The number of halogens is 1. The lowest BCUT2D eigenvalue weighted by Gasteiger charge is -2.39. The second-order valence-electron chi connectivity index (χ2n) is 6.71. The van der Waals surface area contributed by atoms with E-state index in [2.05, 4.69) is 33.0 Å². The van der Waals surface area contributed by atoms with E-state index in [1.807, 2.05) is 42.6 Å². The topological polar surface area (TPSA) is 20.2 Å². The van der Waals surface area contributed by atoms with Crippen LogP contribution < -0.4 is 5.32 Å². The zero-order valence-electron chi connectivity index (χ0n) is 15.0. The van der Waals surface area contributed by atoms with Crippen molar-refractivity contribution in [3.05, 3.63) is 95.6 Å². The second-order valence-corrected chi connectivity index (χ2v) is 7.10. The van der Waals surface area contributed by atoms with Crippen LogP contribution in [0.25, 0.3) is 0 Å². The third-order valence-electron chi connectivity index (χ3n) is 5.03. The van der Waals surface area contributed by atoms with Gasteiger partial charge in [0.2, 0.25) is 0 Å². The molecule has 0 saturated heterocycles. The van der Waals surface area contributed by atoms with Crippen molar-refractivity contribution in [1.82, 2.24) is 14.8 Å². The largest absolute Gasteiger partial charge is 0.362 e. The predicted molar refractivity (Wildman–Crippen MR) is 110 cm³/mol. The number of benzene rings is 2. The van der Waals surface area contributed by atoms with Gasteiger partial charge in [0.1, 0.15) is 5.82 Å². The molecule has 27 heavy (non-hydrogen) atoms. The Labute approximate surface area is 164 Å². The highest BCUT2D eigenvalue weighted by Crippen LogP contribution is 2.33. The summed E-state index contributed by atoms with van der Waals surface area (Å²) in [6.07, 6.45) is 2.95. The summed E-state index contributed by atoms with van der Waals surface area (Å²) in [6, 6.07) is 21.1. The molecule has 3 aromatic rings. The number of nitrogens with zero attached hydrogens (tertiary/aromatic N) is 2. The Balaban J connectivity index is 1.53. The van der Waals surface area contributed by atoms with Crippen molar-refractivity contribution in [1.29, 1.82) is 0 Å². The van der Waals surface area contributed by atoms with E-state index in [1.54, 1.807) is 6.07 Å². The normalized spacial score (nSPS) is 16.0. The Kier molecular flexibility index (Phi) is 5.21. The molecule has 2 heterocycles. The molecule has 1 aromatic heterocycles. The molecule has 0 unspecified atom stereocenters. The minimum atomic E-state index is -0.216. The number of thiocarbonyl (C=S) groups is 1. The summed E-state index contributed by atoms with van der Waals surface area (Å²) in [5, 5.41) is 4.04. The molecule has 0 fully saturated rings. The van der Waals surface area contributed by atoms with Crippen molar-refractivity contribution < 1.29 is 4.39 Å². The van der Waals surface area contributed by atoms with Crippen LogP contribution in [-0.2, 0) is 13.0 Å². The van der Waals surface area contributed by atoms with Gasteiger partial charge in [-0.15, -0.1) is 0 Å². The van der Waals surface area contributed by atoms with Crippen molar-refractivity contribution in [2.75, 3.05) is 13.1 Å². The van der Waals surface area contributed by atoms with E-state index in [4.69, 9.17) is 12.2 Å². The van der Waals surface area contributed by atoms with Crippen LogP contribution in [0.4, 0.5) is 4.39 Å². The lowest BCUT2D eigenvalue weighted by atomic mass is 10.00. The van der Waals surface area contributed by atoms with Crippen molar-refractivity contribution in [3.63, 3.8) is 0 Å². The summed E-state index contributed by atoms with van der Waals surface area (Å²) >= 11 is 5.70. The second kappa shape index (κ2) is 7.92. The lowest BCUT2D eigenvalue weighted by molar-refractivity contribution is 0.281. The Morgan fingerprint density at radius 2 is 1.78 bits per heavy atom. The maximum atomic E-state index is 14.6. The fourth-order valence-electron chi connectivity index (χ4n) is 3.69. The van der Waals surface area contributed by atoms with Gasteiger partial charge in [-0.25, -0.2) is 4.39 Å². The molecule has 1 atom stereocenters. The standard InChI is InChI=1S/C22H22FN3S/c23-19-10-5-4-9-18(19)21-20-11-6-14-25(20)15-16-26(21)22(27)24-13-12-17-7-2-1-3-8-17/h1-11,14,21H,12-13,15-16H2,(H,24,27)/t21-/m1/s1. The molecule has 2 aromatic carbocycles. The van der Waals surface area contributed by atoms with Gasteiger partial charge < -0.3 is 14.8 Å². The van der Waals surface area contributed by atoms with E-state index in [0.29, 0.717) is 10.7 Å². The molecule has 138 valence electrons. The van der Waals surface area contributed by atoms with Crippen LogP contribution in [0.1, 0.15) is 22.9 Å². The SMILES string of the molecule is Fc1ccccc1[C@@H]1c2cccn2CCN1C(=S)NCCc1ccccc1. The van der Waals surface area contributed by atoms with E-state index in [9.17, 15) is 4.39 Å². The zero-order chi connectivity index (χ0) is 18.6. The molecule has 1 N–H and O–H groups in total. The summed E-state index contributed by atoms with van der Waals surface area (Å²) in [5.74, 6) is -0.200. The molecule has 1 aliphatic heterocycles. The van der Waals surface area contributed by atoms with Gasteiger partial charge in [-0.1, -0.05) is 48.5 Å². The number of hydrogen-bond donors (Lipinski definition) is 1. The number of aromatic nitrogens is 1. The Morgan fingerprint density at radius 1 is 1.00 bits per heavy atom. The summed E-state index contributed by atoms with van der Waals surface area (Å²) in [4.78, 5) is 2.11. The molecule has 1 aliphatic rings. The maximum absolute atomic E-state index is 14.6. The number of rotatable bonds is 4. The van der Waals surface area contributed by atoms with Gasteiger partial charge >= 0.3 is 0 Å². The van der Waals surface area contributed by atoms with Crippen LogP contribution in [0, 0.1) is 5.82 Å². The molecule has 0 bridgehead atoms. The first-order valence-electron chi connectivity index (χ1n) is 9.22. The van der Waals surface area contributed by atoms with Crippen LogP contribution in [-0.4, -0.2) is 27.7 Å². The molecule has 0 aliphatic carbocycles. The molecule has 0 saturated carbocycles. The van der Waals surface area contributed by atoms with Crippen molar-refractivity contribution >= 4 is 17.3 Å². The van der Waals surface area contributed by atoms with Crippen LogP contribution in [0.3, 0.4) is 0 Å². The van der Waals surface area contributed by atoms with Gasteiger partial charge in [-0.05, 0) is 42.4 Å². The maximum Gasteiger partial charge on any atom is 0.169 e. The molecular formula is C22H22FN3S. The average molecular weight is 380 g/mol. The van der Waals surface area contributed by atoms with Crippen LogP contribution in [0.15, 0.2) is 72.9 Å². The first kappa shape index (κ1) is 17.7. The Bertz CT molecular complexity index is 922. The third-order valence-corrected chi connectivity index (χ3v) is 5.41. The fourth-order valence-corrected chi connectivity index (χ4v) is 3.99. The first-order chi connectivity index (χ1) is 13.2. The van der Waals surface area contributed by atoms with E-state index in [-0.39, 0.29) is 11.9 Å². The molecule has 0 amide bonds. The highest BCUT2D eigenvalue weighted by Gasteiger charge is 2.31. The van der Waals surface area contributed by atoms with Gasteiger partial charge in [0.05, 0.1) is 6.04 Å². The van der Waals surface area contributed by atoms with Crippen LogP contribution in [0.5, 0.6) is 0 Å². The monoisotopic (exact) mass is 379 g/mol. The predicted octanol–water partition coefficient (Wildman–Crippen LogP) is 4.15. The van der Waals surface area contributed by atoms with E-state index >= 15 is 0 Å². The molecule has 5 heteroatoms. The molecule has 4 rings (SSSR count). The molecule has 0 radical (unpaired) electrons. The van der Waals surface area contributed by atoms with Gasteiger partial charge in [0.15, 0.2) is 5.11 Å². The zero-order valence-corrected chi connectivity index (χ0v) is 15.8. The van der Waals surface area contributed by atoms with Gasteiger partial charge in [-0.3, -0.25) is 0 Å². The Morgan fingerprint density at radius 3 is 2.59 bits per heavy atom. The van der Waals surface area contributed by atoms with Crippen LogP contribution >= 0.6 is 12.2 Å². The highest BCUT2D eigenvalue weighted by molar-refractivity contribution is 7.80. The van der Waals surface area contributed by atoms with Crippen LogP contribution in [0.2, 0.25) is 0 Å². The van der Waals surface area contributed by atoms with Crippen molar-refractivity contribution in [2.24, 2.45) is 0 Å². The smallest absolute Gasteiger partial charge is 0.169 e. The summed E-state index contributed by atoms with van der Waals surface area (Å²) < 4.78 is 16.8. The fraction of sp³-hybridized carbons (Fsp3) is 0.227. The van der Waals surface area contributed by atoms with Crippen molar-refractivity contribution in [2.45, 2.75) is 19.0 Å². The van der Waals surface area contributed by atoms with E-state index in [0.717, 1.165) is 31.7 Å². The third kappa shape index (κ3) is 3.74. The lowest BCUT2D eigenvalue weighted by Crippen LogP contribution is -2.47. The summed E-state index contributed by atoms with van der Waals surface area (Å²) in [7, 11) is 0. The minimum absolute atomic E-state index is 0.200. The quantitative estimate of drug-likeness (QED) is 0.688. The minimum Gasteiger partial charge on any atom is -0.362 e. The average Bonchev–Trinajstić information content (AvgIpc) is 3.17. The van der Waals surface area contributed by atoms with Crippen molar-refractivity contribution in [3.8, 4) is 0 Å². The van der Waals surface area contributed by atoms with Gasteiger partial charge in [0.25, 0.3) is 0 Å². The van der Waals surface area contributed by atoms with E-state index < -0.39 is 0 Å². The molecule has 0 spiro atoms. The molecule has 3 nitrogen and oxygen atoms in total. The van der Waals surface area contributed by atoms with E-state index in [1.165, 1.54) is 11.6 Å². The van der Waals surface area contributed by atoms with Gasteiger partial charge in [-0.2, -0.15) is 0 Å². The van der Waals surface area contributed by atoms with Gasteiger partial charge in [0, 0.05) is 37.1 Å². The number of nitrogens with one attached hydrogen (secondary N) is 1. The highest BCUT2D eigenvalue weighted by atomic mass is 32.1. The number of fused-ring (bicyclic) bond motifs is 1. The first-order valence-corrected chi connectivity index (χ1v) is 9.63. The summed E-state index contributed by atoms with van der Waals surface area (Å²) in [6.45, 7) is 2.34. The molecular weight excluding hydrogens is 357 g/mol. The summed E-state index contributed by atoms with van der Waals surface area (Å²) in [5.41, 5.74) is 2.99. The number of hydrogen-bond acceptors (Lipinski definition) is 1. The Hall–Kier alpha value is -2.66.